The fourth-order valence-electron chi connectivity index (χ4n) is 1.42. The zero-order valence-corrected chi connectivity index (χ0v) is 11.5. The molecule has 0 saturated carbocycles. The van der Waals surface area contributed by atoms with Gasteiger partial charge in [-0.05, 0) is 44.9 Å². The van der Waals surface area contributed by atoms with Gasteiger partial charge in [-0.15, -0.1) is 0 Å². The monoisotopic (exact) mass is 271 g/mol. The van der Waals surface area contributed by atoms with Gasteiger partial charge in [0.25, 0.3) is 0 Å². The number of hydrogen-bond acceptors (Lipinski definition) is 3. The summed E-state index contributed by atoms with van der Waals surface area (Å²) in [5.74, 6) is 0. The Morgan fingerprint density at radius 1 is 1.44 bits per heavy atom. The lowest BCUT2D eigenvalue weighted by atomic mass is 10.1. The second-order valence-corrected chi connectivity index (χ2v) is 5.34. The average molecular weight is 272 g/mol. The minimum Gasteiger partial charge on any atom is -0.444 e. The number of nitrogens with one attached hydrogen (secondary N) is 1. The maximum absolute atomic E-state index is 11.7. The number of halogens is 1. The van der Waals surface area contributed by atoms with Crippen LogP contribution in [0.25, 0.3) is 0 Å². The van der Waals surface area contributed by atoms with E-state index in [0.29, 0.717) is 17.1 Å². The minimum atomic E-state index is -0.556. The van der Waals surface area contributed by atoms with Gasteiger partial charge in [0.15, 0.2) is 0 Å². The number of anilines is 1. The summed E-state index contributed by atoms with van der Waals surface area (Å²) in [6.07, 6.45) is -0.0913. The highest BCUT2D eigenvalue weighted by Gasteiger charge is 2.17. The van der Waals surface area contributed by atoms with Crippen LogP contribution in [0.5, 0.6) is 0 Å². The molecule has 0 fully saturated rings. The van der Waals surface area contributed by atoms with Crippen molar-refractivity contribution in [3.05, 3.63) is 28.8 Å². The Bertz CT molecular complexity index is 427. The van der Waals surface area contributed by atoms with E-state index in [1.165, 1.54) is 0 Å². The first-order chi connectivity index (χ1) is 8.31. The molecular formula is C13H18ClNO3. The Morgan fingerprint density at radius 2 is 2.11 bits per heavy atom. The predicted molar refractivity (Wildman–Crippen MR) is 72.1 cm³/mol. The summed E-state index contributed by atoms with van der Waals surface area (Å²) in [7, 11) is 0. The maximum atomic E-state index is 11.7. The van der Waals surface area contributed by atoms with Crippen LogP contribution in [0.1, 0.15) is 26.3 Å². The molecule has 0 aliphatic rings. The highest BCUT2D eigenvalue weighted by molar-refractivity contribution is 6.31. The van der Waals surface area contributed by atoms with E-state index in [0.717, 1.165) is 5.56 Å². The zero-order chi connectivity index (χ0) is 13.8. The zero-order valence-electron chi connectivity index (χ0n) is 10.8. The molecule has 0 unspecified atom stereocenters. The molecule has 0 aromatic heterocycles. The fraction of sp³-hybridized carbons (Fsp3) is 0.462. The topological polar surface area (TPSA) is 58.6 Å². The molecule has 1 rings (SSSR count). The molecule has 18 heavy (non-hydrogen) atoms. The van der Waals surface area contributed by atoms with Crippen LogP contribution in [0.15, 0.2) is 18.2 Å². The molecule has 0 radical (unpaired) electrons. The van der Waals surface area contributed by atoms with E-state index in [9.17, 15) is 4.79 Å². The lowest BCUT2D eigenvalue weighted by Gasteiger charge is -2.20. The van der Waals surface area contributed by atoms with Gasteiger partial charge in [-0.2, -0.15) is 0 Å². The van der Waals surface area contributed by atoms with Crippen LogP contribution < -0.4 is 5.32 Å². The summed E-state index contributed by atoms with van der Waals surface area (Å²) in [4.78, 5) is 11.7. The first-order valence-corrected chi connectivity index (χ1v) is 6.09. The van der Waals surface area contributed by atoms with Crippen LogP contribution in [0.4, 0.5) is 10.5 Å². The van der Waals surface area contributed by atoms with Crippen molar-refractivity contribution in [2.75, 3.05) is 11.9 Å². The van der Waals surface area contributed by atoms with Crippen molar-refractivity contribution < 1.29 is 14.6 Å². The number of aliphatic hydroxyl groups excluding tert-OH is 1. The average Bonchev–Trinajstić information content (AvgIpc) is 2.19. The number of rotatable bonds is 3. The molecule has 2 N–H and O–H groups in total. The third kappa shape index (κ3) is 4.94. The van der Waals surface area contributed by atoms with Crippen LogP contribution in [0.2, 0.25) is 5.02 Å². The molecule has 1 aromatic rings. The normalized spacial score (nSPS) is 11.2. The van der Waals surface area contributed by atoms with E-state index < -0.39 is 11.7 Å². The molecule has 1 amide bonds. The SMILES string of the molecule is CC(C)(C)OC(=O)Nc1cc(Cl)ccc1CCO. The lowest BCUT2D eigenvalue weighted by Crippen LogP contribution is -2.27. The summed E-state index contributed by atoms with van der Waals surface area (Å²) in [6.45, 7) is 5.38. The van der Waals surface area contributed by atoms with Gasteiger partial charge in [-0.1, -0.05) is 17.7 Å². The van der Waals surface area contributed by atoms with Crippen molar-refractivity contribution in [3.63, 3.8) is 0 Å². The molecule has 0 bridgehead atoms. The van der Waals surface area contributed by atoms with E-state index in [1.807, 2.05) is 0 Å². The number of carbonyl (C=O) groups excluding carboxylic acids is 1. The van der Waals surface area contributed by atoms with Gasteiger partial charge in [0.2, 0.25) is 0 Å². The van der Waals surface area contributed by atoms with E-state index >= 15 is 0 Å². The van der Waals surface area contributed by atoms with Gasteiger partial charge in [-0.3, -0.25) is 5.32 Å². The molecule has 1 aromatic carbocycles. The van der Waals surface area contributed by atoms with Crippen LogP contribution in [-0.4, -0.2) is 23.4 Å². The highest BCUT2D eigenvalue weighted by Crippen LogP contribution is 2.22. The number of ether oxygens (including phenoxy) is 1. The molecule has 0 spiro atoms. The van der Waals surface area contributed by atoms with Gasteiger partial charge in [-0.25, -0.2) is 4.79 Å². The molecule has 0 saturated heterocycles. The molecular weight excluding hydrogens is 254 g/mol. The third-order valence-corrected chi connectivity index (χ3v) is 2.32. The van der Waals surface area contributed by atoms with Crippen LogP contribution >= 0.6 is 11.6 Å². The van der Waals surface area contributed by atoms with Crippen LogP contribution in [0.3, 0.4) is 0 Å². The molecule has 4 nitrogen and oxygen atoms in total. The summed E-state index contributed by atoms with van der Waals surface area (Å²) in [5, 5.41) is 12.1. The molecule has 5 heteroatoms. The van der Waals surface area contributed by atoms with Crippen molar-refractivity contribution in [2.45, 2.75) is 32.8 Å². The van der Waals surface area contributed by atoms with Crippen molar-refractivity contribution in [1.82, 2.24) is 0 Å². The molecule has 0 aliphatic heterocycles. The highest BCUT2D eigenvalue weighted by atomic mass is 35.5. The van der Waals surface area contributed by atoms with Gasteiger partial charge >= 0.3 is 6.09 Å². The smallest absolute Gasteiger partial charge is 0.412 e. The number of aliphatic hydroxyl groups is 1. The Morgan fingerprint density at radius 3 is 2.67 bits per heavy atom. The minimum absolute atomic E-state index is 0.00459. The van der Waals surface area contributed by atoms with Gasteiger partial charge in [0, 0.05) is 17.3 Å². The molecule has 0 heterocycles. The maximum Gasteiger partial charge on any atom is 0.412 e. The van der Waals surface area contributed by atoms with Gasteiger partial charge in [0.05, 0.1) is 0 Å². The van der Waals surface area contributed by atoms with Gasteiger partial charge in [0.1, 0.15) is 5.60 Å². The number of hydrogen-bond donors (Lipinski definition) is 2. The Labute approximate surface area is 112 Å². The summed E-state index contributed by atoms with van der Waals surface area (Å²) in [6, 6.07) is 5.12. The Hall–Kier alpha value is -1.26. The van der Waals surface area contributed by atoms with Crippen LogP contribution in [-0.2, 0) is 11.2 Å². The summed E-state index contributed by atoms with van der Waals surface area (Å²) in [5.41, 5.74) is 0.818. The first-order valence-electron chi connectivity index (χ1n) is 5.71. The van der Waals surface area contributed by atoms with Crippen LogP contribution in [0, 0.1) is 0 Å². The second kappa shape index (κ2) is 6.07. The van der Waals surface area contributed by atoms with Crippen molar-refractivity contribution in [3.8, 4) is 0 Å². The molecule has 0 atom stereocenters. The molecule has 100 valence electrons. The van der Waals surface area contributed by atoms with Crippen molar-refractivity contribution in [2.24, 2.45) is 0 Å². The number of amides is 1. The fourth-order valence-corrected chi connectivity index (χ4v) is 1.59. The molecule has 0 aliphatic carbocycles. The lowest BCUT2D eigenvalue weighted by molar-refractivity contribution is 0.0635. The standard InChI is InChI=1S/C13H18ClNO3/c1-13(2,3)18-12(17)15-11-8-10(14)5-4-9(11)6-7-16/h4-5,8,16H,6-7H2,1-3H3,(H,15,17). The third-order valence-electron chi connectivity index (χ3n) is 2.09. The van der Waals surface area contributed by atoms with Crippen molar-refractivity contribution in [1.29, 1.82) is 0 Å². The second-order valence-electron chi connectivity index (χ2n) is 4.90. The Kier molecular flexibility index (Phi) is 4.99. The van der Waals surface area contributed by atoms with E-state index in [1.54, 1.807) is 39.0 Å². The largest absolute Gasteiger partial charge is 0.444 e. The summed E-state index contributed by atoms with van der Waals surface area (Å²) < 4.78 is 5.16. The van der Waals surface area contributed by atoms with E-state index in [-0.39, 0.29) is 6.61 Å². The number of benzene rings is 1. The summed E-state index contributed by atoms with van der Waals surface area (Å²) >= 11 is 5.88. The quantitative estimate of drug-likeness (QED) is 0.887. The van der Waals surface area contributed by atoms with E-state index in [2.05, 4.69) is 5.32 Å². The first kappa shape index (κ1) is 14.8. The van der Waals surface area contributed by atoms with Gasteiger partial charge < -0.3 is 9.84 Å². The Balaban J connectivity index is 2.82. The van der Waals surface area contributed by atoms with Crippen molar-refractivity contribution >= 4 is 23.4 Å². The number of carbonyl (C=O) groups is 1. The van der Waals surface area contributed by atoms with E-state index in [4.69, 9.17) is 21.4 Å². The predicted octanol–water partition coefficient (Wildman–Crippen LogP) is 3.22.